The third kappa shape index (κ3) is 5.67. The van der Waals surface area contributed by atoms with Gasteiger partial charge in [-0.25, -0.2) is 4.99 Å². The molecule has 4 rings (SSSR count). The van der Waals surface area contributed by atoms with Gasteiger partial charge in [0.05, 0.1) is 13.2 Å². The van der Waals surface area contributed by atoms with E-state index < -0.39 is 0 Å². The Balaban J connectivity index is 1.39. The first-order valence-corrected chi connectivity index (χ1v) is 11.8. The lowest BCUT2D eigenvalue weighted by atomic mass is 9.88. The van der Waals surface area contributed by atoms with Gasteiger partial charge in [0.2, 0.25) is 0 Å². The monoisotopic (exact) mass is 414 g/mol. The molecule has 2 heterocycles. The highest BCUT2D eigenvalue weighted by Crippen LogP contribution is 2.31. The lowest BCUT2D eigenvalue weighted by Crippen LogP contribution is -2.58. The molecular weight excluding hydrogens is 376 g/mol. The molecule has 2 N–H and O–H groups in total. The Labute approximate surface area is 181 Å². The smallest absolute Gasteiger partial charge is 0.191 e. The quantitative estimate of drug-likeness (QED) is 0.480. The Morgan fingerprint density at radius 2 is 1.93 bits per heavy atom. The minimum absolute atomic E-state index is 0.191. The van der Waals surface area contributed by atoms with E-state index in [0.29, 0.717) is 6.54 Å². The van der Waals surface area contributed by atoms with Crippen molar-refractivity contribution < 1.29 is 9.47 Å². The number of guanidine groups is 1. The summed E-state index contributed by atoms with van der Waals surface area (Å²) in [6, 6.07) is 8.31. The Morgan fingerprint density at radius 3 is 2.67 bits per heavy atom. The second kappa shape index (κ2) is 10.5. The number of hydrogen-bond acceptors (Lipinski definition) is 4. The predicted octanol–water partition coefficient (Wildman–Crippen LogP) is 3.18. The van der Waals surface area contributed by atoms with Crippen molar-refractivity contribution >= 4 is 5.96 Å². The van der Waals surface area contributed by atoms with Crippen molar-refractivity contribution in [3.05, 3.63) is 29.8 Å². The van der Waals surface area contributed by atoms with Crippen molar-refractivity contribution in [2.24, 2.45) is 10.9 Å². The molecule has 1 aliphatic carbocycles. The lowest BCUT2D eigenvalue weighted by Gasteiger charge is -2.45. The van der Waals surface area contributed by atoms with E-state index in [4.69, 9.17) is 14.5 Å². The van der Waals surface area contributed by atoms with Crippen molar-refractivity contribution in [2.45, 2.75) is 57.5 Å². The van der Waals surface area contributed by atoms with Crippen LogP contribution in [0.15, 0.2) is 29.3 Å². The molecule has 1 aromatic carbocycles. The van der Waals surface area contributed by atoms with Gasteiger partial charge in [-0.05, 0) is 70.5 Å². The minimum Gasteiger partial charge on any atom is -0.493 e. The van der Waals surface area contributed by atoms with Gasteiger partial charge < -0.3 is 20.1 Å². The van der Waals surface area contributed by atoms with E-state index in [-0.39, 0.29) is 5.54 Å². The maximum Gasteiger partial charge on any atom is 0.191 e. The summed E-state index contributed by atoms with van der Waals surface area (Å²) in [5.41, 5.74) is 1.34. The fraction of sp³-hybridized carbons (Fsp3) is 0.708. The van der Waals surface area contributed by atoms with Crippen LogP contribution in [0.3, 0.4) is 0 Å². The zero-order valence-electron chi connectivity index (χ0n) is 18.5. The molecule has 0 radical (unpaired) electrons. The van der Waals surface area contributed by atoms with E-state index in [1.54, 1.807) is 0 Å². The number of nitrogens with zero attached hydrogens (tertiary/aromatic N) is 2. The highest BCUT2D eigenvalue weighted by molar-refractivity contribution is 5.79. The van der Waals surface area contributed by atoms with Crippen molar-refractivity contribution in [1.82, 2.24) is 15.5 Å². The topological polar surface area (TPSA) is 58.1 Å². The fourth-order valence-corrected chi connectivity index (χ4v) is 4.57. The van der Waals surface area contributed by atoms with E-state index in [0.717, 1.165) is 68.9 Å². The first-order valence-electron chi connectivity index (χ1n) is 11.8. The highest BCUT2D eigenvalue weighted by atomic mass is 16.5. The molecule has 0 unspecified atom stereocenters. The number of ether oxygens (including phenoxy) is 2. The van der Waals surface area contributed by atoms with Crippen LogP contribution >= 0.6 is 0 Å². The molecule has 30 heavy (non-hydrogen) atoms. The second-order valence-corrected chi connectivity index (χ2v) is 8.94. The normalized spacial score (nSPS) is 22.1. The molecule has 1 aromatic rings. The average molecular weight is 415 g/mol. The molecule has 0 amide bonds. The average Bonchev–Trinajstić information content (AvgIpc) is 3.45. The molecule has 0 spiro atoms. The van der Waals surface area contributed by atoms with Crippen LogP contribution in [0.4, 0.5) is 0 Å². The van der Waals surface area contributed by atoms with Gasteiger partial charge in [0, 0.05) is 37.4 Å². The summed E-state index contributed by atoms with van der Waals surface area (Å²) in [4.78, 5) is 7.58. The van der Waals surface area contributed by atoms with Crippen LogP contribution in [-0.2, 0) is 11.3 Å². The number of aliphatic imine (C=N–C) groups is 1. The van der Waals surface area contributed by atoms with Crippen LogP contribution in [0.2, 0.25) is 0 Å². The van der Waals surface area contributed by atoms with Gasteiger partial charge in [-0.3, -0.25) is 4.90 Å². The molecule has 0 atom stereocenters. The third-order valence-corrected chi connectivity index (χ3v) is 6.68. The molecule has 6 nitrogen and oxygen atoms in total. The van der Waals surface area contributed by atoms with E-state index in [1.807, 2.05) is 6.07 Å². The summed E-state index contributed by atoms with van der Waals surface area (Å²) in [7, 11) is 0. The molecule has 1 saturated carbocycles. The SMILES string of the molecule is CCNC(=NCc1ccccc1OCC1CC1)NCC1(N2CCCC2)CCOCC1. The third-order valence-electron chi connectivity index (χ3n) is 6.68. The van der Waals surface area contributed by atoms with Crippen LogP contribution in [0.25, 0.3) is 0 Å². The van der Waals surface area contributed by atoms with Crippen molar-refractivity contribution in [2.75, 3.05) is 46.0 Å². The zero-order valence-corrected chi connectivity index (χ0v) is 18.5. The second-order valence-electron chi connectivity index (χ2n) is 8.94. The molecular formula is C24H38N4O2. The van der Waals surface area contributed by atoms with Crippen LogP contribution in [0.5, 0.6) is 5.75 Å². The van der Waals surface area contributed by atoms with Gasteiger partial charge in [-0.2, -0.15) is 0 Å². The van der Waals surface area contributed by atoms with Crippen LogP contribution < -0.4 is 15.4 Å². The van der Waals surface area contributed by atoms with Crippen LogP contribution in [-0.4, -0.2) is 62.4 Å². The van der Waals surface area contributed by atoms with Gasteiger partial charge in [-0.1, -0.05) is 18.2 Å². The number of hydrogen-bond donors (Lipinski definition) is 2. The molecule has 0 aromatic heterocycles. The standard InChI is InChI=1S/C24H38N4O2/c1-2-25-23(26-17-21-7-3-4-8-22(21)30-18-20-9-10-20)27-19-24(11-15-29-16-12-24)28-13-5-6-14-28/h3-4,7-8,20H,2,5-6,9-19H2,1H3,(H2,25,26,27). The maximum absolute atomic E-state index is 6.06. The van der Waals surface area contributed by atoms with E-state index in [1.165, 1.54) is 38.8 Å². The predicted molar refractivity (Wildman–Crippen MR) is 121 cm³/mol. The fourth-order valence-electron chi connectivity index (χ4n) is 4.57. The van der Waals surface area contributed by atoms with E-state index in [2.05, 4.69) is 40.7 Å². The van der Waals surface area contributed by atoms with Crippen molar-refractivity contribution in [3.63, 3.8) is 0 Å². The van der Waals surface area contributed by atoms with E-state index in [9.17, 15) is 0 Å². The Hall–Kier alpha value is -1.79. The van der Waals surface area contributed by atoms with Gasteiger partial charge in [0.1, 0.15) is 5.75 Å². The molecule has 6 heteroatoms. The number of likely N-dealkylation sites (tertiary alicyclic amines) is 1. The summed E-state index contributed by atoms with van der Waals surface area (Å²) in [5.74, 6) is 2.61. The molecule has 166 valence electrons. The van der Waals surface area contributed by atoms with Crippen molar-refractivity contribution in [3.8, 4) is 5.75 Å². The summed E-state index contributed by atoms with van der Waals surface area (Å²) >= 11 is 0. The Morgan fingerprint density at radius 1 is 1.17 bits per heavy atom. The summed E-state index contributed by atoms with van der Waals surface area (Å²) in [6.45, 7) is 9.48. The van der Waals surface area contributed by atoms with Crippen LogP contribution in [0.1, 0.15) is 51.0 Å². The number of rotatable bonds is 9. The lowest BCUT2D eigenvalue weighted by molar-refractivity contribution is -0.0164. The zero-order chi connectivity index (χ0) is 20.7. The molecule has 3 fully saturated rings. The van der Waals surface area contributed by atoms with Crippen LogP contribution in [0, 0.1) is 5.92 Å². The maximum atomic E-state index is 6.06. The largest absolute Gasteiger partial charge is 0.493 e. The number of benzene rings is 1. The molecule has 2 aliphatic heterocycles. The first kappa shape index (κ1) is 21.4. The molecule has 0 bridgehead atoms. The molecule has 3 aliphatic rings. The first-order chi connectivity index (χ1) is 14.8. The number of nitrogens with one attached hydrogen (secondary N) is 2. The van der Waals surface area contributed by atoms with Crippen molar-refractivity contribution in [1.29, 1.82) is 0 Å². The highest BCUT2D eigenvalue weighted by Gasteiger charge is 2.39. The van der Waals surface area contributed by atoms with Gasteiger partial charge in [0.15, 0.2) is 5.96 Å². The molecule has 2 saturated heterocycles. The summed E-state index contributed by atoms with van der Waals surface area (Å²) < 4.78 is 11.7. The Bertz CT molecular complexity index is 692. The summed E-state index contributed by atoms with van der Waals surface area (Å²) in [5, 5.41) is 7.09. The van der Waals surface area contributed by atoms with Gasteiger partial charge in [-0.15, -0.1) is 0 Å². The van der Waals surface area contributed by atoms with Gasteiger partial charge >= 0.3 is 0 Å². The van der Waals surface area contributed by atoms with E-state index >= 15 is 0 Å². The minimum atomic E-state index is 0.191. The Kier molecular flexibility index (Phi) is 7.50. The van der Waals surface area contributed by atoms with Gasteiger partial charge in [0.25, 0.3) is 0 Å². The number of para-hydroxylation sites is 1. The summed E-state index contributed by atoms with van der Waals surface area (Å²) in [6.07, 6.45) is 7.43.